The van der Waals surface area contributed by atoms with Crippen molar-refractivity contribution in [3.63, 3.8) is 0 Å². The fourth-order valence-electron chi connectivity index (χ4n) is 4.26. The van der Waals surface area contributed by atoms with Crippen LogP contribution in [0.25, 0.3) is 22.1 Å². The van der Waals surface area contributed by atoms with Crippen molar-refractivity contribution in [2.24, 2.45) is 5.92 Å². The molecule has 1 fully saturated rings. The Morgan fingerprint density at radius 1 is 1.18 bits per heavy atom. The van der Waals surface area contributed by atoms with Crippen molar-refractivity contribution in [3.8, 4) is 16.9 Å². The molecule has 2 heterocycles. The molecule has 0 spiro atoms. The third-order valence-electron chi connectivity index (χ3n) is 5.89. The number of benzene rings is 2. The average molecular weight is 484 g/mol. The Hall–Kier alpha value is -3.32. The van der Waals surface area contributed by atoms with Gasteiger partial charge in [0.2, 0.25) is 0 Å². The van der Waals surface area contributed by atoms with Crippen molar-refractivity contribution in [1.29, 1.82) is 0 Å². The van der Waals surface area contributed by atoms with Crippen LogP contribution in [0.3, 0.4) is 0 Å². The minimum absolute atomic E-state index is 0.208. The summed E-state index contributed by atoms with van der Waals surface area (Å²) >= 11 is 6.34. The highest BCUT2D eigenvalue weighted by Gasteiger charge is 2.32. The zero-order chi connectivity index (χ0) is 24.2. The van der Waals surface area contributed by atoms with E-state index >= 15 is 0 Å². The van der Waals surface area contributed by atoms with Gasteiger partial charge in [0.15, 0.2) is 6.10 Å². The molecule has 0 bridgehead atoms. The Kier molecular flexibility index (Phi) is 7.22. The summed E-state index contributed by atoms with van der Waals surface area (Å²) in [6.45, 7) is 4.63. The number of likely N-dealkylation sites (tertiary alicyclic amines) is 1. The second-order valence-corrected chi connectivity index (χ2v) is 8.66. The van der Waals surface area contributed by atoms with E-state index < -0.39 is 11.7 Å². The Morgan fingerprint density at radius 3 is 2.74 bits per heavy atom. The molecule has 2 atom stereocenters. The minimum atomic E-state index is -0.781. The number of fused-ring (bicyclic) bond motifs is 1. The fourth-order valence-corrected chi connectivity index (χ4v) is 4.50. The lowest BCUT2D eigenvalue weighted by Gasteiger charge is -2.33. The van der Waals surface area contributed by atoms with Crippen molar-refractivity contribution >= 4 is 34.4 Å². The second-order valence-electron chi connectivity index (χ2n) is 8.25. The highest BCUT2D eigenvalue weighted by Crippen LogP contribution is 2.34. The van der Waals surface area contributed by atoms with Gasteiger partial charge in [0.05, 0.1) is 12.5 Å². The fraction of sp³-hybridized carbons (Fsp3) is 0.346. The molecule has 1 unspecified atom stereocenters. The summed E-state index contributed by atoms with van der Waals surface area (Å²) in [5.74, 6) is -0.400. The number of piperidine rings is 1. The van der Waals surface area contributed by atoms with Crippen LogP contribution < -0.4 is 10.4 Å². The average Bonchev–Trinajstić information content (AvgIpc) is 2.83. The molecule has 3 aromatic rings. The van der Waals surface area contributed by atoms with Crippen molar-refractivity contribution in [3.05, 3.63) is 64.0 Å². The van der Waals surface area contributed by atoms with Gasteiger partial charge in [-0.15, -0.1) is 0 Å². The molecule has 0 radical (unpaired) electrons. The van der Waals surface area contributed by atoms with Crippen LogP contribution in [0.2, 0.25) is 5.02 Å². The van der Waals surface area contributed by atoms with E-state index in [1.165, 1.54) is 6.07 Å². The summed E-state index contributed by atoms with van der Waals surface area (Å²) in [6.07, 6.45) is 0.653. The number of hydrogen-bond acceptors (Lipinski definition) is 6. The van der Waals surface area contributed by atoms with Gasteiger partial charge in [-0.2, -0.15) is 0 Å². The maximum absolute atomic E-state index is 13.0. The Balaban J connectivity index is 1.53. The van der Waals surface area contributed by atoms with E-state index in [1.807, 2.05) is 18.2 Å². The molecular weight excluding hydrogens is 458 g/mol. The van der Waals surface area contributed by atoms with Crippen molar-refractivity contribution in [2.75, 3.05) is 19.7 Å². The molecule has 4 rings (SSSR count). The van der Waals surface area contributed by atoms with Gasteiger partial charge in [0.25, 0.3) is 5.91 Å². The molecule has 7 nitrogen and oxygen atoms in total. The zero-order valence-corrected chi connectivity index (χ0v) is 19.8. The normalized spacial score (nSPS) is 16.8. The first-order valence-electron chi connectivity index (χ1n) is 11.3. The number of amides is 1. The van der Waals surface area contributed by atoms with E-state index in [0.29, 0.717) is 53.4 Å². The lowest BCUT2D eigenvalue weighted by Crippen LogP contribution is -2.47. The molecule has 8 heteroatoms. The number of hydrogen-bond donors (Lipinski definition) is 0. The Labute approximate surface area is 202 Å². The number of halogens is 1. The molecule has 0 saturated carbocycles. The summed E-state index contributed by atoms with van der Waals surface area (Å²) in [5.41, 5.74) is 1.20. The second kappa shape index (κ2) is 10.3. The predicted octanol–water partition coefficient (Wildman–Crippen LogP) is 4.68. The topological polar surface area (TPSA) is 86.0 Å². The summed E-state index contributed by atoms with van der Waals surface area (Å²) in [7, 11) is 0. The van der Waals surface area contributed by atoms with Crippen LogP contribution in [0.5, 0.6) is 5.75 Å². The standard InChI is InChI=1S/C26H26ClNO6/c1-3-32-26(31)17-7-6-12-28(15-17)25(30)16(2)33-18-10-11-20-21(14-24(29)34-23(20)13-18)19-8-4-5-9-22(19)27/h4-5,8-11,13-14,16-17H,3,6-7,12,15H2,1-2H3/t16?,17-/m0/s1. The molecule has 1 amide bonds. The quantitative estimate of drug-likeness (QED) is 0.373. The number of carbonyl (C=O) groups is 2. The smallest absolute Gasteiger partial charge is 0.336 e. The summed E-state index contributed by atoms with van der Waals surface area (Å²) in [5, 5.41) is 1.23. The van der Waals surface area contributed by atoms with Crippen LogP contribution in [0.15, 0.2) is 57.7 Å². The molecule has 2 aromatic carbocycles. The number of nitrogens with zero attached hydrogens (tertiary/aromatic N) is 1. The van der Waals surface area contributed by atoms with Crippen molar-refractivity contribution < 1.29 is 23.5 Å². The summed E-state index contributed by atoms with van der Waals surface area (Å²) in [4.78, 5) is 38.9. The molecule has 0 N–H and O–H groups in total. The van der Waals surface area contributed by atoms with Crippen LogP contribution in [-0.4, -0.2) is 42.6 Å². The van der Waals surface area contributed by atoms with Gasteiger partial charge in [0, 0.05) is 46.8 Å². The van der Waals surface area contributed by atoms with Gasteiger partial charge in [-0.3, -0.25) is 9.59 Å². The van der Waals surface area contributed by atoms with Gasteiger partial charge in [-0.1, -0.05) is 29.8 Å². The van der Waals surface area contributed by atoms with E-state index in [0.717, 1.165) is 12.0 Å². The number of esters is 1. The van der Waals surface area contributed by atoms with Crippen LogP contribution in [0.1, 0.15) is 26.7 Å². The van der Waals surface area contributed by atoms with Crippen LogP contribution in [0, 0.1) is 5.92 Å². The Morgan fingerprint density at radius 2 is 1.97 bits per heavy atom. The largest absolute Gasteiger partial charge is 0.481 e. The SMILES string of the molecule is CCOC(=O)[C@H]1CCCN(C(=O)C(C)Oc2ccc3c(-c4ccccc4Cl)cc(=O)oc3c2)C1. The number of rotatable bonds is 6. The minimum Gasteiger partial charge on any atom is -0.481 e. The third-order valence-corrected chi connectivity index (χ3v) is 6.22. The number of ether oxygens (including phenoxy) is 2. The zero-order valence-electron chi connectivity index (χ0n) is 19.1. The lowest BCUT2D eigenvalue weighted by molar-refractivity contribution is -0.152. The van der Waals surface area contributed by atoms with Crippen LogP contribution >= 0.6 is 11.6 Å². The van der Waals surface area contributed by atoms with Gasteiger partial charge < -0.3 is 18.8 Å². The number of carbonyl (C=O) groups excluding carboxylic acids is 2. The Bertz CT molecular complexity index is 1270. The maximum Gasteiger partial charge on any atom is 0.336 e. The van der Waals surface area contributed by atoms with Crippen LogP contribution in [0.4, 0.5) is 0 Å². The highest BCUT2D eigenvalue weighted by molar-refractivity contribution is 6.33. The van der Waals surface area contributed by atoms with E-state index in [-0.39, 0.29) is 17.8 Å². The predicted molar refractivity (Wildman–Crippen MR) is 129 cm³/mol. The monoisotopic (exact) mass is 483 g/mol. The third kappa shape index (κ3) is 5.09. The van der Waals surface area contributed by atoms with Crippen LogP contribution in [-0.2, 0) is 14.3 Å². The van der Waals surface area contributed by atoms with E-state index in [2.05, 4.69) is 0 Å². The molecule has 1 aliphatic rings. The first-order valence-corrected chi connectivity index (χ1v) is 11.7. The van der Waals surface area contributed by atoms with Gasteiger partial charge in [-0.05, 0) is 44.9 Å². The van der Waals surface area contributed by atoms with Gasteiger partial charge in [0.1, 0.15) is 11.3 Å². The molecule has 1 aliphatic heterocycles. The lowest BCUT2D eigenvalue weighted by atomic mass is 9.98. The van der Waals surface area contributed by atoms with E-state index in [1.54, 1.807) is 43.0 Å². The molecule has 34 heavy (non-hydrogen) atoms. The molecular formula is C26H26ClNO6. The first kappa shape index (κ1) is 23.8. The molecule has 0 aliphatic carbocycles. The van der Waals surface area contributed by atoms with E-state index in [9.17, 15) is 14.4 Å². The van der Waals surface area contributed by atoms with Crippen molar-refractivity contribution in [1.82, 2.24) is 4.90 Å². The van der Waals surface area contributed by atoms with Gasteiger partial charge >= 0.3 is 11.6 Å². The van der Waals surface area contributed by atoms with E-state index in [4.69, 9.17) is 25.5 Å². The summed E-state index contributed by atoms with van der Waals surface area (Å²) < 4.78 is 16.4. The highest BCUT2D eigenvalue weighted by atomic mass is 35.5. The molecule has 1 saturated heterocycles. The molecule has 178 valence electrons. The maximum atomic E-state index is 13.0. The first-order chi connectivity index (χ1) is 16.4. The van der Waals surface area contributed by atoms with Gasteiger partial charge in [-0.25, -0.2) is 4.79 Å². The van der Waals surface area contributed by atoms with Crippen molar-refractivity contribution in [2.45, 2.75) is 32.8 Å². The molecule has 1 aromatic heterocycles. The summed E-state index contributed by atoms with van der Waals surface area (Å²) in [6, 6.07) is 13.8.